The minimum atomic E-state index is -0.560. The normalized spacial score (nSPS) is 23.8. The molecule has 2 bridgehead atoms. The fourth-order valence-corrected chi connectivity index (χ4v) is 4.90. The van der Waals surface area contributed by atoms with Crippen LogP contribution in [0.2, 0.25) is 0 Å². The van der Waals surface area contributed by atoms with Crippen molar-refractivity contribution in [1.29, 1.82) is 0 Å². The molecule has 2 saturated heterocycles. The van der Waals surface area contributed by atoms with Crippen LogP contribution in [-0.4, -0.2) is 47.7 Å². The molecule has 3 aromatic rings. The lowest BCUT2D eigenvalue weighted by Crippen LogP contribution is -2.60. The van der Waals surface area contributed by atoms with Gasteiger partial charge in [0.2, 0.25) is 0 Å². The smallest absolute Gasteiger partial charge is 0.410 e. The summed E-state index contributed by atoms with van der Waals surface area (Å²) >= 11 is 0. The van der Waals surface area contributed by atoms with E-state index in [9.17, 15) is 9.59 Å². The Balaban J connectivity index is 1.43. The molecule has 2 aliphatic rings. The standard InChI is InChI=1S/C25H27NO5/c1-25(2,3)31-24(28)26-16-11-15(12-17(26)14-29-13-16)22(27)20-9-6-8-19-18-7-4-5-10-21(18)30-23(19)20/h4-10,15-17H,11-14H2,1-3H3. The SMILES string of the molecule is CC(C)(C)OC(=O)N1C2COCC1CC(C(=O)c1cccc3c1oc1ccccc13)C2. The molecule has 3 heterocycles. The summed E-state index contributed by atoms with van der Waals surface area (Å²) in [4.78, 5) is 28.2. The van der Waals surface area contributed by atoms with E-state index < -0.39 is 5.60 Å². The third kappa shape index (κ3) is 3.59. The van der Waals surface area contributed by atoms with Gasteiger partial charge in [0.15, 0.2) is 5.78 Å². The summed E-state index contributed by atoms with van der Waals surface area (Å²) in [5.74, 6) is -0.109. The molecule has 2 aromatic carbocycles. The summed E-state index contributed by atoms with van der Waals surface area (Å²) in [6.07, 6.45) is 0.798. The maximum Gasteiger partial charge on any atom is 0.410 e. The molecule has 2 unspecified atom stereocenters. The summed E-state index contributed by atoms with van der Waals surface area (Å²) < 4.78 is 17.4. The van der Waals surface area contributed by atoms with Gasteiger partial charge < -0.3 is 13.9 Å². The van der Waals surface area contributed by atoms with Crippen LogP contribution in [0.5, 0.6) is 0 Å². The number of carbonyl (C=O) groups excluding carboxylic acids is 2. The number of ether oxygens (including phenoxy) is 2. The number of piperidine rings is 1. The Bertz CT molecular complexity index is 1140. The lowest BCUT2D eigenvalue weighted by atomic mass is 9.80. The number of hydrogen-bond acceptors (Lipinski definition) is 5. The maximum absolute atomic E-state index is 13.6. The molecule has 0 aliphatic carbocycles. The van der Waals surface area contributed by atoms with Gasteiger partial charge in [-0.2, -0.15) is 0 Å². The summed E-state index contributed by atoms with van der Waals surface area (Å²) in [5, 5.41) is 1.97. The van der Waals surface area contributed by atoms with E-state index in [1.807, 2.05) is 63.2 Å². The first-order valence-corrected chi connectivity index (χ1v) is 10.9. The van der Waals surface area contributed by atoms with Crippen molar-refractivity contribution in [3.63, 3.8) is 0 Å². The Hall–Kier alpha value is -2.86. The number of Topliss-reactive ketones (excluding diaryl/α,β-unsaturated/α-hetero) is 1. The van der Waals surface area contributed by atoms with Crippen molar-refractivity contribution in [1.82, 2.24) is 4.90 Å². The summed E-state index contributed by atoms with van der Waals surface area (Å²) in [6.45, 7) is 6.44. The topological polar surface area (TPSA) is 69.0 Å². The number of amides is 1. The molecule has 0 N–H and O–H groups in total. The summed E-state index contributed by atoms with van der Waals surface area (Å²) in [6, 6.07) is 13.3. The number of furan rings is 1. The molecule has 2 aliphatic heterocycles. The van der Waals surface area contributed by atoms with Gasteiger partial charge in [0.05, 0.1) is 30.9 Å². The van der Waals surface area contributed by atoms with Crippen molar-refractivity contribution in [3.05, 3.63) is 48.0 Å². The van der Waals surface area contributed by atoms with Gasteiger partial charge in [-0.1, -0.05) is 30.3 Å². The number of nitrogens with zero attached hydrogens (tertiary/aromatic N) is 1. The van der Waals surface area contributed by atoms with Crippen LogP contribution in [0.4, 0.5) is 4.79 Å². The second kappa shape index (κ2) is 7.38. The lowest BCUT2D eigenvalue weighted by Gasteiger charge is -2.47. The number of hydrogen-bond donors (Lipinski definition) is 0. The predicted octanol–water partition coefficient (Wildman–Crippen LogP) is 5.18. The van der Waals surface area contributed by atoms with Crippen LogP contribution >= 0.6 is 0 Å². The van der Waals surface area contributed by atoms with Crippen molar-refractivity contribution in [3.8, 4) is 0 Å². The largest absolute Gasteiger partial charge is 0.455 e. The van der Waals surface area contributed by atoms with Crippen LogP contribution in [0, 0.1) is 5.92 Å². The number of ketones is 1. The molecule has 0 spiro atoms. The van der Waals surface area contributed by atoms with Gasteiger partial charge in [-0.3, -0.25) is 9.69 Å². The zero-order valence-corrected chi connectivity index (χ0v) is 18.1. The molecule has 1 aromatic heterocycles. The van der Waals surface area contributed by atoms with E-state index in [2.05, 4.69) is 0 Å². The highest BCUT2D eigenvalue weighted by Gasteiger charge is 2.45. The third-order valence-electron chi connectivity index (χ3n) is 6.17. The highest BCUT2D eigenvalue weighted by Crippen LogP contribution is 2.37. The number of morpholine rings is 1. The Morgan fingerprint density at radius 2 is 1.65 bits per heavy atom. The Morgan fingerprint density at radius 3 is 2.35 bits per heavy atom. The first kappa shape index (κ1) is 20.1. The molecule has 0 radical (unpaired) electrons. The van der Waals surface area contributed by atoms with Crippen LogP contribution < -0.4 is 0 Å². The third-order valence-corrected chi connectivity index (χ3v) is 6.17. The fraction of sp³-hybridized carbons (Fsp3) is 0.440. The predicted molar refractivity (Wildman–Crippen MR) is 117 cm³/mol. The molecule has 162 valence electrons. The lowest BCUT2D eigenvalue weighted by molar-refractivity contribution is -0.0861. The highest BCUT2D eigenvalue weighted by molar-refractivity contribution is 6.14. The van der Waals surface area contributed by atoms with Gasteiger partial charge in [0, 0.05) is 16.7 Å². The molecule has 2 fully saturated rings. The van der Waals surface area contributed by atoms with E-state index in [0.29, 0.717) is 37.2 Å². The molecule has 5 rings (SSSR count). The minimum absolute atomic E-state index is 0.0744. The van der Waals surface area contributed by atoms with E-state index in [-0.39, 0.29) is 29.9 Å². The first-order chi connectivity index (χ1) is 14.8. The van der Waals surface area contributed by atoms with Crippen LogP contribution in [0.25, 0.3) is 21.9 Å². The second-order valence-electron chi connectivity index (χ2n) is 9.55. The number of fused-ring (bicyclic) bond motifs is 5. The van der Waals surface area contributed by atoms with Crippen molar-refractivity contribution in [2.75, 3.05) is 13.2 Å². The minimum Gasteiger partial charge on any atom is -0.455 e. The van der Waals surface area contributed by atoms with E-state index in [4.69, 9.17) is 13.9 Å². The molecule has 1 amide bonds. The maximum atomic E-state index is 13.6. The average Bonchev–Trinajstić information content (AvgIpc) is 3.10. The second-order valence-corrected chi connectivity index (χ2v) is 9.55. The Kier molecular flexibility index (Phi) is 4.77. The van der Waals surface area contributed by atoms with Crippen molar-refractivity contribution in [2.24, 2.45) is 5.92 Å². The fourth-order valence-electron chi connectivity index (χ4n) is 4.90. The molecule has 0 saturated carbocycles. The van der Waals surface area contributed by atoms with Gasteiger partial charge in [0.25, 0.3) is 0 Å². The number of rotatable bonds is 2. The average molecular weight is 421 g/mol. The van der Waals surface area contributed by atoms with Crippen LogP contribution in [-0.2, 0) is 9.47 Å². The monoisotopic (exact) mass is 421 g/mol. The van der Waals surface area contributed by atoms with Crippen molar-refractivity contribution >= 4 is 33.8 Å². The quantitative estimate of drug-likeness (QED) is 0.533. The number of carbonyl (C=O) groups is 2. The summed E-state index contributed by atoms with van der Waals surface area (Å²) in [5.41, 5.74) is 1.48. The van der Waals surface area contributed by atoms with Gasteiger partial charge in [-0.05, 0) is 45.7 Å². The van der Waals surface area contributed by atoms with Gasteiger partial charge >= 0.3 is 6.09 Å². The Morgan fingerprint density at radius 1 is 0.968 bits per heavy atom. The van der Waals surface area contributed by atoms with E-state index >= 15 is 0 Å². The molecular weight excluding hydrogens is 394 g/mol. The molecule has 6 nitrogen and oxygen atoms in total. The van der Waals surface area contributed by atoms with Crippen LogP contribution in [0.3, 0.4) is 0 Å². The van der Waals surface area contributed by atoms with Crippen molar-refractivity contribution < 1.29 is 23.5 Å². The van der Waals surface area contributed by atoms with Gasteiger partial charge in [-0.15, -0.1) is 0 Å². The van der Waals surface area contributed by atoms with Crippen LogP contribution in [0.15, 0.2) is 46.9 Å². The van der Waals surface area contributed by atoms with E-state index in [1.54, 1.807) is 4.90 Å². The van der Waals surface area contributed by atoms with E-state index in [0.717, 1.165) is 16.4 Å². The Labute approximate surface area is 181 Å². The zero-order chi connectivity index (χ0) is 21.8. The molecule has 31 heavy (non-hydrogen) atoms. The first-order valence-electron chi connectivity index (χ1n) is 10.9. The highest BCUT2D eigenvalue weighted by atomic mass is 16.6. The van der Waals surface area contributed by atoms with Gasteiger partial charge in [0.1, 0.15) is 16.8 Å². The van der Waals surface area contributed by atoms with Crippen molar-refractivity contribution in [2.45, 2.75) is 51.3 Å². The zero-order valence-electron chi connectivity index (χ0n) is 18.1. The number of benzene rings is 2. The molecule has 6 heteroatoms. The summed E-state index contributed by atoms with van der Waals surface area (Å²) in [7, 11) is 0. The molecule has 2 atom stereocenters. The van der Waals surface area contributed by atoms with Crippen LogP contribution in [0.1, 0.15) is 44.0 Å². The molecular formula is C25H27NO5. The van der Waals surface area contributed by atoms with Gasteiger partial charge in [-0.25, -0.2) is 4.79 Å². The number of para-hydroxylation sites is 2. The van der Waals surface area contributed by atoms with E-state index in [1.165, 1.54) is 0 Å².